The molecule has 7 heteroatoms. The zero-order valence-electron chi connectivity index (χ0n) is 10.7. The van der Waals surface area contributed by atoms with Crippen molar-refractivity contribution in [3.05, 3.63) is 23.9 Å². The van der Waals surface area contributed by atoms with Crippen LogP contribution in [0.4, 0.5) is 0 Å². The maximum atomic E-state index is 10.9. The molecule has 1 aliphatic rings. The first-order valence-electron chi connectivity index (χ1n) is 5.96. The van der Waals surface area contributed by atoms with Gasteiger partial charge < -0.3 is 14.6 Å². The van der Waals surface area contributed by atoms with Gasteiger partial charge in [-0.2, -0.15) is 5.10 Å². The quantitative estimate of drug-likeness (QED) is 0.844. The van der Waals surface area contributed by atoms with Gasteiger partial charge >= 0.3 is 5.97 Å². The van der Waals surface area contributed by atoms with Crippen molar-refractivity contribution in [2.24, 2.45) is 0 Å². The highest BCUT2D eigenvalue weighted by molar-refractivity contribution is 7.98. The lowest BCUT2D eigenvalue weighted by Gasteiger charge is -2.21. The number of carbonyl (C=O) groups is 1. The van der Waals surface area contributed by atoms with Crippen molar-refractivity contribution in [2.45, 2.75) is 4.90 Å². The first kappa shape index (κ1) is 12.9. The zero-order chi connectivity index (χ0) is 14.1. The van der Waals surface area contributed by atoms with Crippen LogP contribution in [0, 0.1) is 0 Å². The van der Waals surface area contributed by atoms with Gasteiger partial charge in [-0.25, -0.2) is 4.79 Å². The summed E-state index contributed by atoms with van der Waals surface area (Å²) >= 11 is 1.52. The smallest absolute Gasteiger partial charge is 0.353 e. The predicted molar refractivity (Wildman–Crippen MR) is 73.8 cm³/mol. The van der Waals surface area contributed by atoms with E-state index in [-0.39, 0.29) is 5.69 Å². The predicted octanol–water partition coefficient (Wildman–Crippen LogP) is 2.27. The van der Waals surface area contributed by atoms with E-state index in [0.29, 0.717) is 30.4 Å². The normalized spacial score (nSPS) is 13.2. The number of ether oxygens (including phenoxy) is 2. The molecule has 104 valence electrons. The molecule has 0 radical (unpaired) electrons. The van der Waals surface area contributed by atoms with Crippen LogP contribution in [0.1, 0.15) is 10.5 Å². The van der Waals surface area contributed by atoms with E-state index in [1.807, 2.05) is 18.4 Å². The van der Waals surface area contributed by atoms with Crippen LogP contribution in [0.2, 0.25) is 0 Å². The van der Waals surface area contributed by atoms with Gasteiger partial charge in [-0.15, -0.1) is 11.8 Å². The molecule has 1 aromatic carbocycles. The molecule has 1 aliphatic heterocycles. The lowest BCUT2D eigenvalue weighted by Crippen LogP contribution is -2.16. The number of rotatable bonds is 3. The Hall–Kier alpha value is -2.15. The monoisotopic (exact) mass is 292 g/mol. The molecule has 0 unspecified atom stereocenters. The van der Waals surface area contributed by atoms with Gasteiger partial charge in [-0.3, -0.25) is 5.10 Å². The van der Waals surface area contributed by atoms with E-state index in [1.54, 1.807) is 0 Å². The molecule has 0 bridgehead atoms. The molecule has 0 amide bonds. The fourth-order valence-electron chi connectivity index (χ4n) is 2.06. The second-order valence-corrected chi connectivity index (χ2v) is 4.96. The van der Waals surface area contributed by atoms with Gasteiger partial charge in [0.1, 0.15) is 18.9 Å². The van der Waals surface area contributed by atoms with Crippen molar-refractivity contribution < 1.29 is 19.4 Å². The molecule has 0 fully saturated rings. The van der Waals surface area contributed by atoms with E-state index < -0.39 is 5.97 Å². The molecular formula is C13H12N2O4S. The van der Waals surface area contributed by atoms with Crippen LogP contribution in [0.5, 0.6) is 11.5 Å². The molecule has 0 atom stereocenters. The molecule has 0 aliphatic carbocycles. The van der Waals surface area contributed by atoms with Crippen LogP contribution in [-0.4, -0.2) is 40.7 Å². The van der Waals surface area contributed by atoms with Crippen molar-refractivity contribution in [1.29, 1.82) is 0 Å². The molecule has 0 saturated carbocycles. The van der Waals surface area contributed by atoms with E-state index in [2.05, 4.69) is 10.2 Å². The number of aromatic carboxylic acids is 1. The number of carboxylic acids is 1. The molecule has 1 aromatic heterocycles. The number of thioether (sulfide) groups is 1. The summed E-state index contributed by atoms with van der Waals surface area (Å²) in [6, 6.07) is 5.19. The van der Waals surface area contributed by atoms with Gasteiger partial charge in [0.25, 0.3) is 0 Å². The maximum absolute atomic E-state index is 10.9. The number of H-pyrrole nitrogens is 1. The summed E-state index contributed by atoms with van der Waals surface area (Å²) in [4.78, 5) is 11.8. The number of aromatic amines is 1. The van der Waals surface area contributed by atoms with Gasteiger partial charge in [0.05, 0.1) is 10.6 Å². The van der Waals surface area contributed by atoms with Gasteiger partial charge in [-0.1, -0.05) is 0 Å². The van der Waals surface area contributed by atoms with Crippen molar-refractivity contribution in [2.75, 3.05) is 19.5 Å². The van der Waals surface area contributed by atoms with Crippen molar-refractivity contribution >= 4 is 17.7 Å². The highest BCUT2D eigenvalue weighted by atomic mass is 32.2. The topological polar surface area (TPSA) is 84.4 Å². The van der Waals surface area contributed by atoms with E-state index in [1.165, 1.54) is 17.8 Å². The minimum absolute atomic E-state index is 0.0574. The number of hydrogen-bond acceptors (Lipinski definition) is 5. The zero-order valence-corrected chi connectivity index (χ0v) is 11.5. The van der Waals surface area contributed by atoms with Crippen molar-refractivity contribution in [3.63, 3.8) is 0 Å². The van der Waals surface area contributed by atoms with Crippen LogP contribution < -0.4 is 9.47 Å². The minimum Gasteiger partial charge on any atom is -0.486 e. The summed E-state index contributed by atoms with van der Waals surface area (Å²) in [5.74, 6) is 0.367. The standard InChI is InChI=1S/C13H12N2O4S/c1-20-12-7(8-6-9(13(16)17)15-14-8)2-3-10-11(12)19-5-4-18-10/h2-3,6H,4-5H2,1H3,(H,14,15)(H,16,17). The first-order chi connectivity index (χ1) is 9.70. The summed E-state index contributed by atoms with van der Waals surface area (Å²) in [6.07, 6.45) is 1.93. The summed E-state index contributed by atoms with van der Waals surface area (Å²) in [5.41, 5.74) is 1.45. The molecule has 2 heterocycles. The number of fused-ring (bicyclic) bond motifs is 1. The van der Waals surface area contributed by atoms with Gasteiger partial charge in [0, 0.05) is 5.56 Å². The minimum atomic E-state index is -1.04. The van der Waals surface area contributed by atoms with Crippen LogP contribution in [0.3, 0.4) is 0 Å². The van der Waals surface area contributed by atoms with Crippen LogP contribution >= 0.6 is 11.8 Å². The van der Waals surface area contributed by atoms with Gasteiger partial charge in [0.15, 0.2) is 11.5 Å². The van der Waals surface area contributed by atoms with E-state index in [4.69, 9.17) is 14.6 Å². The summed E-state index contributed by atoms with van der Waals surface area (Å²) in [5, 5.41) is 15.5. The SMILES string of the molecule is CSc1c(-c2cc(C(=O)O)[nH]n2)ccc2c1OCCO2. The summed E-state index contributed by atoms with van der Waals surface area (Å²) < 4.78 is 11.2. The highest BCUT2D eigenvalue weighted by Gasteiger charge is 2.21. The third kappa shape index (κ3) is 2.09. The van der Waals surface area contributed by atoms with Gasteiger partial charge in [-0.05, 0) is 24.5 Å². The van der Waals surface area contributed by atoms with Crippen LogP contribution in [0.25, 0.3) is 11.3 Å². The highest BCUT2D eigenvalue weighted by Crippen LogP contribution is 2.44. The molecule has 20 heavy (non-hydrogen) atoms. The Morgan fingerprint density at radius 2 is 2.20 bits per heavy atom. The molecule has 0 spiro atoms. The average molecular weight is 292 g/mol. The van der Waals surface area contributed by atoms with Gasteiger partial charge in [0.2, 0.25) is 0 Å². The largest absolute Gasteiger partial charge is 0.486 e. The number of nitrogens with zero attached hydrogens (tertiary/aromatic N) is 1. The summed E-state index contributed by atoms with van der Waals surface area (Å²) in [6.45, 7) is 1.04. The summed E-state index contributed by atoms with van der Waals surface area (Å²) in [7, 11) is 0. The van der Waals surface area contributed by atoms with Crippen molar-refractivity contribution in [1.82, 2.24) is 10.2 Å². The van der Waals surface area contributed by atoms with Crippen LogP contribution in [0.15, 0.2) is 23.1 Å². The Morgan fingerprint density at radius 1 is 1.40 bits per heavy atom. The average Bonchev–Trinajstić information content (AvgIpc) is 2.95. The second kappa shape index (κ2) is 5.09. The molecule has 2 N–H and O–H groups in total. The number of benzene rings is 1. The third-order valence-corrected chi connectivity index (χ3v) is 3.77. The fraction of sp³-hybridized carbons (Fsp3) is 0.231. The number of nitrogens with one attached hydrogen (secondary N) is 1. The Bertz CT molecular complexity index is 668. The third-order valence-electron chi connectivity index (χ3n) is 2.95. The number of hydrogen-bond donors (Lipinski definition) is 2. The second-order valence-electron chi connectivity index (χ2n) is 4.14. The molecular weight excluding hydrogens is 280 g/mol. The van der Waals surface area contributed by atoms with Crippen LogP contribution in [-0.2, 0) is 0 Å². The first-order valence-corrected chi connectivity index (χ1v) is 7.19. The number of aromatic nitrogens is 2. The van der Waals surface area contributed by atoms with E-state index in [0.717, 1.165) is 10.5 Å². The lowest BCUT2D eigenvalue weighted by atomic mass is 10.1. The maximum Gasteiger partial charge on any atom is 0.353 e. The lowest BCUT2D eigenvalue weighted by molar-refractivity contribution is 0.0690. The van der Waals surface area contributed by atoms with Crippen molar-refractivity contribution in [3.8, 4) is 22.8 Å². The molecule has 0 saturated heterocycles. The molecule has 2 aromatic rings. The molecule has 6 nitrogen and oxygen atoms in total. The Labute approximate surface area is 119 Å². The Balaban J connectivity index is 2.10. The molecule has 3 rings (SSSR count). The fourth-order valence-corrected chi connectivity index (χ4v) is 2.80. The Morgan fingerprint density at radius 3 is 2.90 bits per heavy atom. The number of carboxylic acid groups (broad SMARTS) is 1. The van der Waals surface area contributed by atoms with E-state index >= 15 is 0 Å². The van der Waals surface area contributed by atoms with E-state index in [9.17, 15) is 4.79 Å². The Kier molecular flexibility index (Phi) is 3.27.